The predicted octanol–water partition coefficient (Wildman–Crippen LogP) is 5.38. The van der Waals surface area contributed by atoms with E-state index in [-0.39, 0.29) is 5.54 Å². The number of imidazole rings is 1. The number of thiophene rings is 1. The van der Waals surface area contributed by atoms with Gasteiger partial charge in [-0.05, 0) is 75.4 Å². The summed E-state index contributed by atoms with van der Waals surface area (Å²) in [4.78, 5) is 11.3. The Bertz CT molecular complexity index is 1200. The number of nitrogens with zero attached hydrogens (tertiary/aromatic N) is 3. The van der Waals surface area contributed by atoms with Crippen molar-refractivity contribution in [2.24, 2.45) is 0 Å². The number of rotatable bonds is 2. The number of fused-ring (bicyclic) bond motifs is 1. The molecule has 0 radical (unpaired) electrons. The molecule has 0 saturated heterocycles. The molecule has 4 rings (SSSR count). The first-order chi connectivity index (χ1) is 13.4. The topological polar surface area (TPSA) is 42.2 Å². The Labute approximate surface area is 169 Å². The molecule has 140 valence electrons. The first kappa shape index (κ1) is 18.3. The van der Waals surface area contributed by atoms with Gasteiger partial charge in [0.05, 0.1) is 9.75 Å². The van der Waals surface area contributed by atoms with Crippen molar-refractivity contribution in [3.63, 3.8) is 0 Å². The molecule has 0 fully saturated rings. The van der Waals surface area contributed by atoms with Gasteiger partial charge >= 0.3 is 0 Å². The van der Waals surface area contributed by atoms with E-state index in [0.717, 1.165) is 38.2 Å². The average molecular weight is 387 g/mol. The zero-order valence-corrected chi connectivity index (χ0v) is 17.3. The summed E-state index contributed by atoms with van der Waals surface area (Å²) in [7, 11) is 0. The molecule has 0 atom stereocenters. The highest BCUT2D eigenvalue weighted by Gasteiger charge is 2.20. The van der Waals surface area contributed by atoms with E-state index in [4.69, 9.17) is 4.98 Å². The molecule has 0 spiro atoms. The third-order valence-electron chi connectivity index (χ3n) is 4.18. The third-order valence-corrected chi connectivity index (χ3v) is 5.18. The predicted molar refractivity (Wildman–Crippen MR) is 117 cm³/mol. The van der Waals surface area contributed by atoms with Gasteiger partial charge in [0.1, 0.15) is 22.9 Å². The van der Waals surface area contributed by atoms with Crippen LogP contribution in [0.25, 0.3) is 16.2 Å². The summed E-state index contributed by atoms with van der Waals surface area (Å²) in [6, 6.07) is 14.1. The Balaban J connectivity index is 1.74. The van der Waals surface area contributed by atoms with Crippen LogP contribution in [0.3, 0.4) is 0 Å². The lowest BCUT2D eigenvalue weighted by molar-refractivity contribution is 0.630. The number of hydrogen-bond acceptors (Lipinski definition) is 4. The molecule has 0 amide bonds. The molecule has 0 aliphatic heterocycles. The van der Waals surface area contributed by atoms with Crippen LogP contribution in [0, 0.1) is 18.8 Å². The highest BCUT2D eigenvalue weighted by atomic mass is 32.1. The van der Waals surface area contributed by atoms with Crippen molar-refractivity contribution >= 4 is 22.8 Å². The second-order valence-electron chi connectivity index (χ2n) is 7.70. The molecule has 28 heavy (non-hydrogen) atoms. The van der Waals surface area contributed by atoms with Crippen LogP contribution in [0.4, 0.5) is 5.82 Å². The molecule has 0 aliphatic rings. The van der Waals surface area contributed by atoms with Gasteiger partial charge in [0.2, 0.25) is 0 Å². The van der Waals surface area contributed by atoms with Gasteiger partial charge in [0.25, 0.3) is 0 Å². The molecular weight excluding hydrogens is 364 g/mol. The fraction of sp³-hybridized carbons (Fsp3) is 0.217. The number of anilines is 1. The van der Waals surface area contributed by atoms with Crippen LogP contribution < -0.4 is 5.32 Å². The largest absolute Gasteiger partial charge is 0.365 e. The monoisotopic (exact) mass is 386 g/mol. The molecule has 4 nitrogen and oxygen atoms in total. The zero-order chi connectivity index (χ0) is 19.7. The van der Waals surface area contributed by atoms with E-state index in [2.05, 4.69) is 59.4 Å². The molecule has 0 unspecified atom stereocenters. The van der Waals surface area contributed by atoms with Crippen LogP contribution in [0.2, 0.25) is 0 Å². The van der Waals surface area contributed by atoms with Gasteiger partial charge in [-0.15, -0.1) is 11.3 Å². The fourth-order valence-corrected chi connectivity index (χ4v) is 3.76. The second-order valence-corrected chi connectivity index (χ2v) is 8.78. The molecule has 4 heterocycles. The van der Waals surface area contributed by atoms with Crippen LogP contribution in [-0.2, 0) is 0 Å². The maximum atomic E-state index is 4.86. The van der Waals surface area contributed by atoms with Gasteiger partial charge in [-0.25, -0.2) is 9.97 Å². The summed E-state index contributed by atoms with van der Waals surface area (Å²) < 4.78 is 2.10. The van der Waals surface area contributed by atoms with Crippen molar-refractivity contribution in [1.29, 1.82) is 0 Å². The Hall–Kier alpha value is -3.10. The number of nitrogens with one attached hydrogen (secondary N) is 1. The lowest BCUT2D eigenvalue weighted by atomic mass is 10.1. The van der Waals surface area contributed by atoms with Crippen molar-refractivity contribution in [2.75, 3.05) is 5.32 Å². The quantitative estimate of drug-likeness (QED) is 0.471. The Morgan fingerprint density at radius 3 is 2.68 bits per heavy atom. The van der Waals surface area contributed by atoms with Gasteiger partial charge in [-0.1, -0.05) is 12.1 Å². The average Bonchev–Trinajstić information content (AvgIpc) is 3.25. The molecule has 4 aromatic heterocycles. The van der Waals surface area contributed by atoms with Gasteiger partial charge in [-0.2, -0.15) is 0 Å². The van der Waals surface area contributed by atoms with Gasteiger partial charge in [0, 0.05) is 17.9 Å². The highest BCUT2D eigenvalue weighted by Crippen LogP contribution is 2.35. The summed E-state index contributed by atoms with van der Waals surface area (Å²) >= 11 is 1.65. The highest BCUT2D eigenvalue weighted by molar-refractivity contribution is 7.16. The Morgan fingerprint density at radius 2 is 1.89 bits per heavy atom. The summed E-state index contributed by atoms with van der Waals surface area (Å²) in [5, 5.41) is 3.61. The molecule has 5 heteroatoms. The van der Waals surface area contributed by atoms with Crippen LogP contribution in [0.5, 0.6) is 0 Å². The van der Waals surface area contributed by atoms with E-state index in [1.165, 1.54) is 0 Å². The fourth-order valence-electron chi connectivity index (χ4n) is 2.91. The molecule has 0 aromatic carbocycles. The summed E-state index contributed by atoms with van der Waals surface area (Å²) in [6.07, 6.45) is 3.82. The van der Waals surface area contributed by atoms with E-state index < -0.39 is 0 Å². The van der Waals surface area contributed by atoms with Crippen molar-refractivity contribution in [3.8, 4) is 22.4 Å². The van der Waals surface area contributed by atoms with Crippen LogP contribution in [0.15, 0.2) is 54.9 Å². The van der Waals surface area contributed by atoms with Crippen LogP contribution >= 0.6 is 11.3 Å². The molecule has 0 aliphatic carbocycles. The summed E-state index contributed by atoms with van der Waals surface area (Å²) in [5.41, 5.74) is 3.71. The zero-order valence-electron chi connectivity index (χ0n) is 16.4. The minimum absolute atomic E-state index is 0.0725. The first-order valence-corrected chi connectivity index (χ1v) is 10.0. The van der Waals surface area contributed by atoms with E-state index >= 15 is 0 Å². The second kappa shape index (κ2) is 7.14. The molecule has 4 aromatic rings. The SMILES string of the molecule is Cc1cccnc1C#Cc1ccc(-c2nc3ccccn3c2NC(C)(C)C)s1. The van der Waals surface area contributed by atoms with E-state index in [1.807, 2.05) is 43.5 Å². The maximum absolute atomic E-state index is 4.86. The first-order valence-electron chi connectivity index (χ1n) is 9.20. The van der Waals surface area contributed by atoms with Gasteiger partial charge in [0.15, 0.2) is 0 Å². The van der Waals surface area contributed by atoms with Crippen LogP contribution in [0.1, 0.15) is 36.9 Å². The van der Waals surface area contributed by atoms with Crippen LogP contribution in [-0.4, -0.2) is 19.9 Å². The Morgan fingerprint density at radius 1 is 1.04 bits per heavy atom. The van der Waals surface area contributed by atoms with Gasteiger partial charge < -0.3 is 5.32 Å². The normalized spacial score (nSPS) is 11.3. The van der Waals surface area contributed by atoms with Crippen molar-refractivity contribution in [3.05, 3.63) is 71.0 Å². The Kier molecular flexibility index (Phi) is 4.66. The number of aryl methyl sites for hydroxylation is 1. The number of hydrogen-bond donors (Lipinski definition) is 1. The smallest absolute Gasteiger partial charge is 0.140 e. The summed E-state index contributed by atoms with van der Waals surface area (Å²) in [5.74, 6) is 7.43. The van der Waals surface area contributed by atoms with Crippen molar-refractivity contribution in [1.82, 2.24) is 14.4 Å². The molecule has 0 saturated carbocycles. The minimum atomic E-state index is -0.0725. The number of pyridine rings is 2. The van der Waals surface area contributed by atoms with Gasteiger partial charge in [-0.3, -0.25) is 4.40 Å². The standard InChI is InChI=1S/C23H22N4S/c1-16-8-7-14-24-18(16)12-10-17-11-13-19(28-17)21-22(26-23(2,3)4)27-15-6-5-9-20(27)25-21/h5-9,11,13-15,26H,1-4H3. The van der Waals surface area contributed by atoms with Crippen molar-refractivity contribution in [2.45, 2.75) is 33.2 Å². The van der Waals surface area contributed by atoms with E-state index in [1.54, 1.807) is 17.5 Å². The molecule has 0 bridgehead atoms. The number of aromatic nitrogens is 3. The van der Waals surface area contributed by atoms with E-state index in [0.29, 0.717) is 0 Å². The minimum Gasteiger partial charge on any atom is -0.365 e. The molecular formula is C23H22N4S. The van der Waals surface area contributed by atoms with Crippen molar-refractivity contribution < 1.29 is 0 Å². The summed E-state index contributed by atoms with van der Waals surface area (Å²) in [6.45, 7) is 8.48. The lowest BCUT2D eigenvalue weighted by Crippen LogP contribution is -2.27. The molecule has 1 N–H and O–H groups in total. The van der Waals surface area contributed by atoms with E-state index in [9.17, 15) is 0 Å². The third kappa shape index (κ3) is 3.78. The lowest BCUT2D eigenvalue weighted by Gasteiger charge is -2.22. The maximum Gasteiger partial charge on any atom is 0.140 e.